The fourth-order valence-corrected chi connectivity index (χ4v) is 1.95. The third-order valence-electron chi connectivity index (χ3n) is 2.80. The van der Waals surface area contributed by atoms with Crippen LogP contribution in [0.5, 0.6) is 0 Å². The molecule has 1 N–H and O–H groups in total. The first-order valence-electron chi connectivity index (χ1n) is 5.28. The summed E-state index contributed by atoms with van der Waals surface area (Å²) in [6.45, 7) is 0.930. The van der Waals surface area contributed by atoms with Crippen molar-refractivity contribution in [3.05, 3.63) is 24.3 Å². The van der Waals surface area contributed by atoms with Crippen molar-refractivity contribution in [2.45, 2.75) is 18.9 Å². The Labute approximate surface area is 93.5 Å². The molecule has 0 spiro atoms. The first-order chi connectivity index (χ1) is 7.66. The lowest BCUT2D eigenvalue weighted by atomic mass is 10.2. The summed E-state index contributed by atoms with van der Waals surface area (Å²) in [4.78, 5) is 17.5. The van der Waals surface area contributed by atoms with Crippen molar-refractivity contribution in [1.29, 1.82) is 0 Å². The molecule has 0 bridgehead atoms. The predicted molar refractivity (Wildman–Crippen MR) is 58.5 cm³/mol. The Hall–Kier alpha value is -1.49. The molecule has 2 rings (SSSR count). The second-order valence-corrected chi connectivity index (χ2v) is 4.02. The van der Waals surface area contributed by atoms with Crippen LogP contribution in [0.15, 0.2) is 18.5 Å². The number of amides is 1. The summed E-state index contributed by atoms with van der Waals surface area (Å²) >= 11 is 0. The SMILES string of the molecule is CN1CCC[C@H]1C(=O)Nc1cncc(F)c1. The minimum Gasteiger partial charge on any atom is -0.323 e. The van der Waals surface area contributed by atoms with E-state index in [2.05, 4.69) is 10.3 Å². The number of likely N-dealkylation sites (tertiary alicyclic amines) is 1. The highest BCUT2D eigenvalue weighted by Gasteiger charge is 2.27. The Bertz CT molecular complexity index is 397. The molecule has 1 aromatic rings. The van der Waals surface area contributed by atoms with Crippen LogP contribution in [-0.4, -0.2) is 35.4 Å². The number of halogens is 1. The molecule has 86 valence electrons. The minimum absolute atomic E-state index is 0.0904. The van der Waals surface area contributed by atoms with Gasteiger partial charge in [0.15, 0.2) is 0 Å². The number of hydrogen-bond donors (Lipinski definition) is 1. The topological polar surface area (TPSA) is 45.2 Å². The van der Waals surface area contributed by atoms with Crippen LogP contribution in [0, 0.1) is 5.82 Å². The molecule has 1 saturated heterocycles. The van der Waals surface area contributed by atoms with Gasteiger partial charge in [-0.05, 0) is 26.4 Å². The molecular formula is C11H14FN3O. The molecule has 0 radical (unpaired) electrons. The molecule has 16 heavy (non-hydrogen) atoms. The van der Waals surface area contributed by atoms with Gasteiger partial charge in [-0.3, -0.25) is 14.7 Å². The number of pyridine rings is 1. The lowest BCUT2D eigenvalue weighted by Crippen LogP contribution is -2.37. The van der Waals surface area contributed by atoms with E-state index < -0.39 is 5.82 Å². The molecule has 4 nitrogen and oxygen atoms in total. The van der Waals surface area contributed by atoms with Crippen LogP contribution in [0.3, 0.4) is 0 Å². The Morgan fingerprint density at radius 3 is 3.06 bits per heavy atom. The zero-order valence-corrected chi connectivity index (χ0v) is 9.11. The number of carbonyl (C=O) groups is 1. The molecular weight excluding hydrogens is 209 g/mol. The number of hydrogen-bond acceptors (Lipinski definition) is 3. The summed E-state index contributed by atoms with van der Waals surface area (Å²) in [7, 11) is 1.92. The second kappa shape index (κ2) is 4.57. The Kier molecular flexibility index (Phi) is 3.14. The first-order valence-corrected chi connectivity index (χ1v) is 5.28. The summed E-state index contributed by atoms with van der Waals surface area (Å²) < 4.78 is 12.8. The van der Waals surface area contributed by atoms with Crippen LogP contribution in [0.1, 0.15) is 12.8 Å². The average Bonchev–Trinajstić information content (AvgIpc) is 2.64. The number of nitrogens with one attached hydrogen (secondary N) is 1. The fraction of sp³-hybridized carbons (Fsp3) is 0.455. The number of aromatic nitrogens is 1. The van der Waals surface area contributed by atoms with Crippen molar-refractivity contribution in [3.63, 3.8) is 0 Å². The maximum Gasteiger partial charge on any atom is 0.241 e. The highest BCUT2D eigenvalue weighted by atomic mass is 19.1. The number of anilines is 1. The summed E-state index contributed by atoms with van der Waals surface area (Å²) in [5.41, 5.74) is 0.408. The number of carbonyl (C=O) groups excluding carboxylic acids is 1. The van der Waals surface area contributed by atoms with Crippen LogP contribution in [-0.2, 0) is 4.79 Å². The van der Waals surface area contributed by atoms with Gasteiger partial charge >= 0.3 is 0 Å². The van der Waals surface area contributed by atoms with Gasteiger partial charge in [0.1, 0.15) is 5.82 Å². The van der Waals surface area contributed by atoms with E-state index in [1.54, 1.807) is 0 Å². The van der Waals surface area contributed by atoms with Crippen molar-refractivity contribution in [2.75, 3.05) is 18.9 Å². The van der Waals surface area contributed by atoms with Gasteiger partial charge in [-0.25, -0.2) is 4.39 Å². The predicted octanol–water partition coefficient (Wildman–Crippen LogP) is 1.25. The average molecular weight is 223 g/mol. The van der Waals surface area contributed by atoms with E-state index in [1.807, 2.05) is 11.9 Å². The normalized spacial score (nSPS) is 21.0. The van der Waals surface area contributed by atoms with Crippen LogP contribution >= 0.6 is 0 Å². The van der Waals surface area contributed by atoms with E-state index in [4.69, 9.17) is 0 Å². The van der Waals surface area contributed by atoms with Crippen molar-refractivity contribution in [2.24, 2.45) is 0 Å². The molecule has 0 aromatic carbocycles. The van der Waals surface area contributed by atoms with Gasteiger partial charge < -0.3 is 5.32 Å². The lowest BCUT2D eigenvalue weighted by molar-refractivity contribution is -0.119. The van der Waals surface area contributed by atoms with Gasteiger partial charge in [0.2, 0.25) is 5.91 Å². The number of likely N-dealkylation sites (N-methyl/N-ethyl adjacent to an activating group) is 1. The molecule has 1 fully saturated rings. The zero-order valence-electron chi connectivity index (χ0n) is 9.11. The van der Waals surface area contributed by atoms with Gasteiger partial charge in [0.25, 0.3) is 0 Å². The fourth-order valence-electron chi connectivity index (χ4n) is 1.95. The Balaban J connectivity index is 2.02. The highest BCUT2D eigenvalue weighted by Crippen LogP contribution is 2.17. The molecule has 0 unspecified atom stereocenters. The molecule has 1 atom stereocenters. The summed E-state index contributed by atoms with van der Waals surface area (Å²) in [5, 5.41) is 2.67. The van der Waals surface area contributed by atoms with Crippen LogP contribution in [0.2, 0.25) is 0 Å². The summed E-state index contributed by atoms with van der Waals surface area (Å²) in [6.07, 6.45) is 4.42. The van der Waals surface area contributed by atoms with Crippen molar-refractivity contribution in [1.82, 2.24) is 9.88 Å². The van der Waals surface area contributed by atoms with E-state index in [0.29, 0.717) is 5.69 Å². The monoisotopic (exact) mass is 223 g/mol. The smallest absolute Gasteiger partial charge is 0.241 e. The molecule has 1 aliphatic rings. The summed E-state index contributed by atoms with van der Waals surface area (Å²) in [6, 6.07) is 1.16. The minimum atomic E-state index is -0.447. The lowest BCUT2D eigenvalue weighted by Gasteiger charge is -2.18. The van der Waals surface area contributed by atoms with E-state index >= 15 is 0 Å². The summed E-state index contributed by atoms with van der Waals surface area (Å²) in [5.74, 6) is -0.537. The van der Waals surface area contributed by atoms with Gasteiger partial charge in [-0.2, -0.15) is 0 Å². The maximum atomic E-state index is 12.8. The highest BCUT2D eigenvalue weighted by molar-refractivity contribution is 5.94. The number of nitrogens with zero attached hydrogens (tertiary/aromatic N) is 2. The van der Waals surface area contributed by atoms with E-state index in [1.165, 1.54) is 12.3 Å². The van der Waals surface area contributed by atoms with Gasteiger partial charge in [0.05, 0.1) is 24.1 Å². The maximum absolute atomic E-state index is 12.8. The standard InChI is InChI=1S/C11H14FN3O/c1-15-4-2-3-10(15)11(16)14-9-5-8(12)6-13-7-9/h5-7,10H,2-4H2,1H3,(H,14,16)/t10-/m0/s1. The third-order valence-corrected chi connectivity index (χ3v) is 2.80. The third kappa shape index (κ3) is 2.36. The van der Waals surface area contributed by atoms with E-state index in [-0.39, 0.29) is 11.9 Å². The molecule has 5 heteroatoms. The van der Waals surface area contributed by atoms with Crippen molar-refractivity contribution >= 4 is 11.6 Å². The van der Waals surface area contributed by atoms with Crippen LogP contribution in [0.4, 0.5) is 10.1 Å². The van der Waals surface area contributed by atoms with Crippen molar-refractivity contribution in [3.8, 4) is 0 Å². The molecule has 0 saturated carbocycles. The van der Waals surface area contributed by atoms with Crippen LogP contribution in [0.25, 0.3) is 0 Å². The van der Waals surface area contributed by atoms with Crippen molar-refractivity contribution < 1.29 is 9.18 Å². The Morgan fingerprint density at radius 2 is 2.44 bits per heavy atom. The number of rotatable bonds is 2. The van der Waals surface area contributed by atoms with Gasteiger partial charge in [0, 0.05) is 6.07 Å². The molecule has 0 aliphatic carbocycles. The molecule has 1 aliphatic heterocycles. The Morgan fingerprint density at radius 1 is 1.62 bits per heavy atom. The van der Waals surface area contributed by atoms with E-state index in [9.17, 15) is 9.18 Å². The zero-order chi connectivity index (χ0) is 11.5. The van der Waals surface area contributed by atoms with Gasteiger partial charge in [-0.1, -0.05) is 0 Å². The molecule has 2 heterocycles. The van der Waals surface area contributed by atoms with Crippen LogP contribution < -0.4 is 5.32 Å². The largest absolute Gasteiger partial charge is 0.323 e. The second-order valence-electron chi connectivity index (χ2n) is 4.02. The van der Waals surface area contributed by atoms with E-state index in [0.717, 1.165) is 25.6 Å². The quantitative estimate of drug-likeness (QED) is 0.820. The molecule has 1 amide bonds. The molecule has 1 aromatic heterocycles. The van der Waals surface area contributed by atoms with Gasteiger partial charge in [-0.15, -0.1) is 0 Å². The first kappa shape index (κ1) is 11.0.